The number of methoxy groups -OCH3 is 2. The predicted octanol–water partition coefficient (Wildman–Crippen LogP) is 2.87. The van der Waals surface area contributed by atoms with Gasteiger partial charge in [0.2, 0.25) is 0 Å². The molecule has 2 aromatic rings. The number of nitrogens with one attached hydrogen (secondary N) is 2. The normalized spacial score (nSPS) is 10.4. The van der Waals surface area contributed by atoms with Gasteiger partial charge in [-0.1, -0.05) is 6.07 Å². The summed E-state index contributed by atoms with van der Waals surface area (Å²) in [6.07, 6.45) is 0. The number of aromatic nitrogens is 2. The molecule has 0 amide bonds. The zero-order chi connectivity index (χ0) is 17.7. The summed E-state index contributed by atoms with van der Waals surface area (Å²) in [6.45, 7) is 7.42. The molecule has 0 spiro atoms. The molecule has 0 bridgehead atoms. The predicted molar refractivity (Wildman–Crippen MR) is 100 cm³/mol. The van der Waals surface area contributed by atoms with E-state index >= 15 is 0 Å². The molecule has 0 aliphatic heterocycles. The van der Waals surface area contributed by atoms with Gasteiger partial charge in [0.25, 0.3) is 0 Å². The van der Waals surface area contributed by atoms with Gasteiger partial charge in [-0.15, -0.1) is 0 Å². The lowest BCUT2D eigenvalue weighted by Crippen LogP contribution is -2.28. The van der Waals surface area contributed by atoms with Crippen molar-refractivity contribution in [2.24, 2.45) is 0 Å². The molecule has 0 unspecified atom stereocenters. The number of ether oxygens (including phenoxy) is 2. The Morgan fingerprint density at radius 2 is 1.92 bits per heavy atom. The Morgan fingerprint density at radius 1 is 1.21 bits per heavy atom. The summed E-state index contributed by atoms with van der Waals surface area (Å²) < 4.78 is 12.6. The van der Waals surface area contributed by atoms with Gasteiger partial charge in [0.05, 0.1) is 37.8 Å². The Bertz CT molecular complexity index is 728. The zero-order valence-electron chi connectivity index (χ0n) is 14.8. The topological polar surface area (TPSA) is 60.3 Å². The number of anilines is 1. The van der Waals surface area contributed by atoms with Crippen LogP contribution in [0.25, 0.3) is 0 Å². The van der Waals surface area contributed by atoms with E-state index in [0.717, 1.165) is 29.2 Å². The SMILES string of the molecule is CCNC(=S)Nc1c(C)nn(Cc2ccc(OC)c(OC)c2)c1C. The molecule has 1 aromatic heterocycles. The first kappa shape index (κ1) is 18.1. The molecule has 24 heavy (non-hydrogen) atoms. The Morgan fingerprint density at radius 3 is 2.54 bits per heavy atom. The van der Waals surface area contributed by atoms with E-state index in [1.54, 1.807) is 14.2 Å². The van der Waals surface area contributed by atoms with Gasteiger partial charge in [-0.05, 0) is 50.7 Å². The Labute approximate surface area is 148 Å². The van der Waals surface area contributed by atoms with Crippen LogP contribution in [0.5, 0.6) is 11.5 Å². The lowest BCUT2D eigenvalue weighted by atomic mass is 10.2. The summed E-state index contributed by atoms with van der Waals surface area (Å²) in [5.74, 6) is 1.43. The third-order valence-corrected chi connectivity index (χ3v) is 3.98. The largest absolute Gasteiger partial charge is 0.493 e. The van der Waals surface area contributed by atoms with Crippen LogP contribution in [0.2, 0.25) is 0 Å². The van der Waals surface area contributed by atoms with Crippen molar-refractivity contribution in [1.82, 2.24) is 15.1 Å². The standard InChI is InChI=1S/C17H24N4O2S/c1-6-18-17(24)19-16-11(2)20-21(12(16)3)10-13-7-8-14(22-4)15(9-13)23-5/h7-9H,6,10H2,1-5H3,(H2,18,19,24). The fourth-order valence-electron chi connectivity index (χ4n) is 2.50. The highest BCUT2D eigenvalue weighted by molar-refractivity contribution is 7.80. The van der Waals surface area contributed by atoms with Crippen LogP contribution in [0.4, 0.5) is 5.69 Å². The molecule has 1 aromatic carbocycles. The van der Waals surface area contributed by atoms with Gasteiger partial charge in [0, 0.05) is 6.54 Å². The van der Waals surface area contributed by atoms with Gasteiger partial charge in [-0.25, -0.2) is 0 Å². The summed E-state index contributed by atoms with van der Waals surface area (Å²) in [4.78, 5) is 0. The van der Waals surface area contributed by atoms with Crippen molar-refractivity contribution in [2.75, 3.05) is 26.1 Å². The van der Waals surface area contributed by atoms with E-state index in [1.807, 2.05) is 43.7 Å². The second-order valence-corrected chi connectivity index (χ2v) is 5.79. The van der Waals surface area contributed by atoms with Crippen LogP contribution in [-0.2, 0) is 6.54 Å². The van der Waals surface area contributed by atoms with Crippen molar-refractivity contribution in [3.8, 4) is 11.5 Å². The number of aryl methyl sites for hydroxylation is 1. The van der Waals surface area contributed by atoms with Gasteiger partial charge in [0.1, 0.15) is 0 Å². The molecule has 130 valence electrons. The van der Waals surface area contributed by atoms with Crippen LogP contribution in [0.15, 0.2) is 18.2 Å². The van der Waals surface area contributed by atoms with E-state index in [4.69, 9.17) is 21.7 Å². The third-order valence-electron chi connectivity index (χ3n) is 3.74. The number of rotatable bonds is 6. The second-order valence-electron chi connectivity index (χ2n) is 5.38. The molecular formula is C17H24N4O2S. The summed E-state index contributed by atoms with van der Waals surface area (Å²) in [5.41, 5.74) is 3.97. The molecule has 7 heteroatoms. The van der Waals surface area contributed by atoms with Crippen molar-refractivity contribution >= 4 is 23.0 Å². The quantitative estimate of drug-likeness (QED) is 0.783. The van der Waals surface area contributed by atoms with Crippen molar-refractivity contribution in [2.45, 2.75) is 27.3 Å². The number of nitrogens with zero attached hydrogens (tertiary/aromatic N) is 2. The fourth-order valence-corrected chi connectivity index (χ4v) is 2.75. The lowest BCUT2D eigenvalue weighted by Gasteiger charge is -2.11. The molecule has 6 nitrogen and oxygen atoms in total. The van der Waals surface area contributed by atoms with E-state index in [1.165, 1.54) is 0 Å². The Kier molecular flexibility index (Phi) is 6.03. The number of hydrogen-bond acceptors (Lipinski definition) is 4. The molecular weight excluding hydrogens is 324 g/mol. The van der Waals surface area contributed by atoms with Gasteiger partial charge in [-0.2, -0.15) is 5.10 Å². The van der Waals surface area contributed by atoms with Crippen molar-refractivity contribution in [3.63, 3.8) is 0 Å². The molecule has 0 fully saturated rings. The van der Waals surface area contributed by atoms with Crippen LogP contribution in [0, 0.1) is 13.8 Å². The van der Waals surface area contributed by atoms with Crippen LogP contribution in [0.1, 0.15) is 23.9 Å². The van der Waals surface area contributed by atoms with E-state index in [9.17, 15) is 0 Å². The van der Waals surface area contributed by atoms with E-state index in [0.29, 0.717) is 23.2 Å². The lowest BCUT2D eigenvalue weighted by molar-refractivity contribution is 0.354. The molecule has 1 heterocycles. The molecule has 0 aliphatic carbocycles. The van der Waals surface area contributed by atoms with Gasteiger partial charge < -0.3 is 20.1 Å². The van der Waals surface area contributed by atoms with E-state index in [2.05, 4.69) is 15.7 Å². The van der Waals surface area contributed by atoms with Crippen LogP contribution in [-0.4, -0.2) is 35.7 Å². The van der Waals surface area contributed by atoms with Crippen LogP contribution in [0.3, 0.4) is 0 Å². The molecule has 0 radical (unpaired) electrons. The second kappa shape index (κ2) is 8.01. The maximum Gasteiger partial charge on any atom is 0.170 e. The van der Waals surface area contributed by atoms with Crippen molar-refractivity contribution < 1.29 is 9.47 Å². The summed E-state index contributed by atoms with van der Waals surface area (Å²) in [6, 6.07) is 5.87. The van der Waals surface area contributed by atoms with Crippen LogP contribution < -0.4 is 20.1 Å². The van der Waals surface area contributed by atoms with Crippen molar-refractivity contribution in [3.05, 3.63) is 35.2 Å². The first-order chi connectivity index (χ1) is 11.5. The summed E-state index contributed by atoms with van der Waals surface area (Å²) >= 11 is 5.26. The first-order valence-corrected chi connectivity index (χ1v) is 8.20. The molecule has 0 saturated carbocycles. The highest BCUT2D eigenvalue weighted by Gasteiger charge is 2.13. The minimum absolute atomic E-state index is 0.606. The van der Waals surface area contributed by atoms with E-state index < -0.39 is 0 Å². The third kappa shape index (κ3) is 3.97. The summed E-state index contributed by atoms with van der Waals surface area (Å²) in [5, 5.41) is 11.5. The molecule has 0 atom stereocenters. The zero-order valence-corrected chi connectivity index (χ0v) is 15.6. The smallest absolute Gasteiger partial charge is 0.170 e. The molecule has 2 N–H and O–H groups in total. The monoisotopic (exact) mass is 348 g/mol. The van der Waals surface area contributed by atoms with Crippen molar-refractivity contribution in [1.29, 1.82) is 0 Å². The fraction of sp³-hybridized carbons (Fsp3) is 0.412. The highest BCUT2D eigenvalue weighted by atomic mass is 32.1. The minimum Gasteiger partial charge on any atom is -0.493 e. The first-order valence-electron chi connectivity index (χ1n) is 7.79. The van der Waals surface area contributed by atoms with Crippen LogP contribution >= 0.6 is 12.2 Å². The Balaban J connectivity index is 2.23. The Hall–Kier alpha value is -2.28. The van der Waals surface area contributed by atoms with Gasteiger partial charge in [0.15, 0.2) is 16.6 Å². The molecule has 2 rings (SSSR count). The highest BCUT2D eigenvalue weighted by Crippen LogP contribution is 2.28. The maximum absolute atomic E-state index is 5.36. The minimum atomic E-state index is 0.606. The average Bonchev–Trinajstić information content (AvgIpc) is 2.82. The molecule has 0 aliphatic rings. The molecule has 0 saturated heterocycles. The number of hydrogen-bond donors (Lipinski definition) is 2. The number of thiocarbonyl (C=S) groups is 1. The summed E-state index contributed by atoms with van der Waals surface area (Å²) in [7, 11) is 3.26. The van der Waals surface area contributed by atoms with Gasteiger partial charge >= 0.3 is 0 Å². The maximum atomic E-state index is 5.36. The average molecular weight is 348 g/mol. The van der Waals surface area contributed by atoms with E-state index in [-0.39, 0.29) is 0 Å². The van der Waals surface area contributed by atoms with Gasteiger partial charge in [-0.3, -0.25) is 4.68 Å². The number of benzene rings is 1.